The van der Waals surface area contributed by atoms with Gasteiger partial charge in [-0.3, -0.25) is 15.5 Å². The minimum Gasteiger partial charge on any atom is -0.384 e. The lowest BCUT2D eigenvalue weighted by Gasteiger charge is -2.10. The van der Waals surface area contributed by atoms with Crippen LogP contribution in [0.25, 0.3) is 0 Å². The molecule has 2 aromatic heterocycles. The van der Waals surface area contributed by atoms with Crippen LogP contribution < -0.4 is 5.73 Å². The van der Waals surface area contributed by atoms with Crippen LogP contribution in [0.2, 0.25) is 0 Å². The summed E-state index contributed by atoms with van der Waals surface area (Å²) in [5.41, 5.74) is 7.88. The van der Waals surface area contributed by atoms with Crippen LogP contribution in [0.4, 0.5) is 0 Å². The number of nitrogens with zero attached hydrogens (tertiary/aromatic N) is 3. The van der Waals surface area contributed by atoms with Crippen molar-refractivity contribution in [3.63, 3.8) is 0 Å². The molecule has 0 atom stereocenters. The van der Waals surface area contributed by atoms with E-state index in [1.807, 2.05) is 26.8 Å². The third kappa shape index (κ3) is 2.51. The number of aryl methyl sites for hydroxylation is 3. The van der Waals surface area contributed by atoms with Gasteiger partial charge in [-0.15, -0.1) is 5.10 Å². The second-order valence-corrected chi connectivity index (χ2v) is 4.95. The van der Waals surface area contributed by atoms with Gasteiger partial charge in [0.1, 0.15) is 11.7 Å². The standard InChI is InChI=1S/C11H14N6S/c1-5-4-8(9(10(12)13)6(2)14-5)18-11-15-7(3)16-17-11/h4H,1-3H3,(H3,12,13)(H,15,16,17). The molecule has 0 saturated heterocycles. The molecular weight excluding hydrogens is 248 g/mol. The number of hydrogen-bond acceptors (Lipinski definition) is 5. The summed E-state index contributed by atoms with van der Waals surface area (Å²) in [4.78, 5) is 9.40. The summed E-state index contributed by atoms with van der Waals surface area (Å²) in [6.07, 6.45) is 0. The molecule has 2 aromatic rings. The van der Waals surface area contributed by atoms with E-state index < -0.39 is 0 Å². The Morgan fingerprint density at radius 2 is 2.06 bits per heavy atom. The lowest BCUT2D eigenvalue weighted by Crippen LogP contribution is -2.15. The van der Waals surface area contributed by atoms with E-state index in [-0.39, 0.29) is 5.84 Å². The summed E-state index contributed by atoms with van der Waals surface area (Å²) in [6.45, 7) is 5.59. The van der Waals surface area contributed by atoms with Gasteiger partial charge in [0.15, 0.2) is 0 Å². The summed E-state index contributed by atoms with van der Waals surface area (Å²) in [5, 5.41) is 15.1. The van der Waals surface area contributed by atoms with E-state index in [0.717, 1.165) is 22.1 Å². The molecule has 0 aliphatic carbocycles. The highest BCUT2D eigenvalue weighted by Crippen LogP contribution is 2.29. The van der Waals surface area contributed by atoms with E-state index in [1.165, 1.54) is 11.8 Å². The van der Waals surface area contributed by atoms with Gasteiger partial charge in [-0.1, -0.05) is 0 Å². The quantitative estimate of drug-likeness (QED) is 0.575. The molecular formula is C11H14N6S. The first-order chi connectivity index (χ1) is 8.47. The number of aromatic nitrogens is 4. The van der Waals surface area contributed by atoms with Gasteiger partial charge in [-0.25, -0.2) is 4.98 Å². The van der Waals surface area contributed by atoms with Crippen molar-refractivity contribution in [2.24, 2.45) is 5.73 Å². The van der Waals surface area contributed by atoms with Crippen LogP contribution in [-0.4, -0.2) is 26.0 Å². The number of aromatic amines is 1. The molecule has 0 unspecified atom stereocenters. The Labute approximate surface area is 109 Å². The Bertz CT molecular complexity index is 604. The third-order valence-electron chi connectivity index (χ3n) is 2.34. The Hall–Kier alpha value is -1.89. The molecule has 4 N–H and O–H groups in total. The minimum atomic E-state index is 0.00903. The first-order valence-corrected chi connectivity index (χ1v) is 6.18. The van der Waals surface area contributed by atoms with Gasteiger partial charge in [0, 0.05) is 16.3 Å². The van der Waals surface area contributed by atoms with E-state index in [1.54, 1.807) is 0 Å². The Morgan fingerprint density at radius 3 is 2.61 bits per heavy atom. The zero-order chi connectivity index (χ0) is 13.3. The minimum absolute atomic E-state index is 0.00903. The van der Waals surface area contributed by atoms with Crippen LogP contribution >= 0.6 is 11.8 Å². The van der Waals surface area contributed by atoms with Crippen molar-refractivity contribution in [2.45, 2.75) is 30.8 Å². The Kier molecular flexibility index (Phi) is 3.33. The van der Waals surface area contributed by atoms with Gasteiger partial charge >= 0.3 is 0 Å². The topological polar surface area (TPSA) is 104 Å². The van der Waals surface area contributed by atoms with E-state index in [0.29, 0.717) is 10.7 Å². The monoisotopic (exact) mass is 262 g/mol. The van der Waals surface area contributed by atoms with Crippen molar-refractivity contribution in [1.82, 2.24) is 20.2 Å². The zero-order valence-electron chi connectivity index (χ0n) is 10.4. The van der Waals surface area contributed by atoms with Gasteiger partial charge in [-0.2, -0.15) is 0 Å². The second-order valence-electron chi connectivity index (χ2n) is 3.94. The predicted molar refractivity (Wildman–Crippen MR) is 70.0 cm³/mol. The maximum atomic E-state index is 7.63. The zero-order valence-corrected chi connectivity index (χ0v) is 11.2. The van der Waals surface area contributed by atoms with Crippen molar-refractivity contribution in [2.75, 3.05) is 0 Å². The number of nitrogens with one attached hydrogen (secondary N) is 2. The van der Waals surface area contributed by atoms with Crippen LogP contribution in [0.1, 0.15) is 22.8 Å². The van der Waals surface area contributed by atoms with Crippen molar-refractivity contribution in [3.8, 4) is 0 Å². The van der Waals surface area contributed by atoms with Gasteiger partial charge in [0.25, 0.3) is 0 Å². The van der Waals surface area contributed by atoms with Crippen molar-refractivity contribution in [3.05, 3.63) is 28.8 Å². The fourth-order valence-electron chi connectivity index (χ4n) is 1.67. The highest BCUT2D eigenvalue weighted by Gasteiger charge is 2.14. The second kappa shape index (κ2) is 4.77. The molecule has 0 spiro atoms. The molecule has 2 rings (SSSR count). The lowest BCUT2D eigenvalue weighted by atomic mass is 10.1. The molecule has 0 aliphatic rings. The molecule has 0 fully saturated rings. The molecule has 0 bridgehead atoms. The molecule has 2 heterocycles. The predicted octanol–water partition coefficient (Wildman–Crippen LogP) is 1.56. The van der Waals surface area contributed by atoms with Crippen molar-refractivity contribution >= 4 is 17.6 Å². The molecule has 7 heteroatoms. The van der Waals surface area contributed by atoms with Crippen LogP contribution in [-0.2, 0) is 0 Å². The van der Waals surface area contributed by atoms with Gasteiger partial charge in [0.05, 0.1) is 5.56 Å². The van der Waals surface area contributed by atoms with Crippen molar-refractivity contribution < 1.29 is 0 Å². The Morgan fingerprint density at radius 1 is 1.33 bits per heavy atom. The largest absolute Gasteiger partial charge is 0.384 e. The number of nitrogen functional groups attached to an aromatic ring is 1. The van der Waals surface area contributed by atoms with Crippen LogP contribution in [0.5, 0.6) is 0 Å². The van der Waals surface area contributed by atoms with E-state index in [2.05, 4.69) is 20.2 Å². The number of hydrogen-bond donors (Lipinski definition) is 3. The number of pyridine rings is 1. The van der Waals surface area contributed by atoms with Gasteiger partial charge in [0.2, 0.25) is 5.16 Å². The third-order valence-corrected chi connectivity index (χ3v) is 3.25. The Balaban J connectivity index is 2.45. The maximum absolute atomic E-state index is 7.63. The fraction of sp³-hybridized carbons (Fsp3) is 0.273. The first kappa shape index (κ1) is 12.6. The molecule has 94 valence electrons. The molecule has 0 aliphatic heterocycles. The number of rotatable bonds is 3. The number of nitrogens with two attached hydrogens (primary N) is 1. The molecule has 0 amide bonds. The van der Waals surface area contributed by atoms with Crippen LogP contribution in [0.15, 0.2) is 16.1 Å². The van der Waals surface area contributed by atoms with Gasteiger partial charge in [-0.05, 0) is 38.6 Å². The smallest absolute Gasteiger partial charge is 0.213 e. The lowest BCUT2D eigenvalue weighted by molar-refractivity contribution is 0.967. The average molecular weight is 262 g/mol. The molecule has 6 nitrogen and oxygen atoms in total. The average Bonchev–Trinajstić information content (AvgIpc) is 2.62. The summed E-state index contributed by atoms with van der Waals surface area (Å²) in [6, 6.07) is 1.89. The summed E-state index contributed by atoms with van der Waals surface area (Å²) in [5.74, 6) is 0.763. The summed E-state index contributed by atoms with van der Waals surface area (Å²) in [7, 11) is 0. The number of amidine groups is 1. The fourth-order valence-corrected chi connectivity index (χ4v) is 2.73. The van der Waals surface area contributed by atoms with Crippen LogP contribution in [0.3, 0.4) is 0 Å². The van der Waals surface area contributed by atoms with E-state index in [9.17, 15) is 0 Å². The van der Waals surface area contributed by atoms with E-state index >= 15 is 0 Å². The molecule has 18 heavy (non-hydrogen) atoms. The molecule has 0 saturated carbocycles. The maximum Gasteiger partial charge on any atom is 0.213 e. The van der Waals surface area contributed by atoms with Crippen LogP contribution in [0, 0.1) is 26.2 Å². The number of H-pyrrole nitrogens is 1. The summed E-state index contributed by atoms with van der Waals surface area (Å²) < 4.78 is 0. The van der Waals surface area contributed by atoms with Crippen molar-refractivity contribution in [1.29, 1.82) is 5.41 Å². The van der Waals surface area contributed by atoms with E-state index in [4.69, 9.17) is 11.1 Å². The highest BCUT2D eigenvalue weighted by atomic mass is 32.2. The molecule has 0 radical (unpaired) electrons. The molecule has 0 aromatic carbocycles. The highest BCUT2D eigenvalue weighted by molar-refractivity contribution is 7.99. The summed E-state index contributed by atoms with van der Waals surface area (Å²) >= 11 is 1.38. The van der Waals surface area contributed by atoms with Gasteiger partial charge < -0.3 is 5.73 Å². The normalized spacial score (nSPS) is 10.6. The first-order valence-electron chi connectivity index (χ1n) is 5.37. The SMILES string of the molecule is Cc1cc(Sc2n[nH]c(C)n2)c(C(=N)N)c(C)n1.